The summed E-state index contributed by atoms with van der Waals surface area (Å²) in [5.74, 6) is 1.03. The molecule has 2 aromatic carbocycles. The fourth-order valence-electron chi connectivity index (χ4n) is 1.84. The summed E-state index contributed by atoms with van der Waals surface area (Å²) in [6.07, 6.45) is 0. The molecule has 2 rings (SSSR count). The predicted molar refractivity (Wildman–Crippen MR) is 84.6 cm³/mol. The van der Waals surface area contributed by atoms with Crippen LogP contribution in [0.15, 0.2) is 53.4 Å². The lowest BCUT2D eigenvalue weighted by Gasteiger charge is -2.19. The van der Waals surface area contributed by atoms with Gasteiger partial charge in [-0.05, 0) is 42.0 Å². The first-order valence-corrected chi connectivity index (χ1v) is 8.24. The number of hydrogen-bond acceptors (Lipinski definition) is 3. The van der Waals surface area contributed by atoms with Crippen LogP contribution in [0.25, 0.3) is 0 Å². The molecular formula is C15H16ClNO3S. The molecular weight excluding hydrogens is 310 g/mol. The van der Waals surface area contributed by atoms with Gasteiger partial charge in [-0.2, -0.15) is 0 Å². The third-order valence-electron chi connectivity index (χ3n) is 3.17. The molecule has 0 fully saturated rings. The standard InChI is InChI=1S/C15H16ClNO3S/c1-17(13-5-7-14(20-2)8-6-13)21(18,19)15-9-3-12(11-16)4-10-15/h3-10H,11H2,1-2H3. The maximum atomic E-state index is 12.5. The van der Waals surface area contributed by atoms with Crippen LogP contribution in [0.5, 0.6) is 5.75 Å². The molecule has 0 N–H and O–H groups in total. The zero-order chi connectivity index (χ0) is 15.5. The third kappa shape index (κ3) is 3.31. The van der Waals surface area contributed by atoms with Crippen molar-refractivity contribution in [2.24, 2.45) is 0 Å². The first kappa shape index (κ1) is 15.7. The lowest BCUT2D eigenvalue weighted by Crippen LogP contribution is -2.26. The van der Waals surface area contributed by atoms with E-state index in [2.05, 4.69) is 0 Å². The quantitative estimate of drug-likeness (QED) is 0.793. The van der Waals surface area contributed by atoms with Crippen molar-refractivity contribution in [3.05, 3.63) is 54.1 Å². The van der Waals surface area contributed by atoms with Crippen LogP contribution in [-0.4, -0.2) is 22.6 Å². The Morgan fingerprint density at radius 2 is 1.62 bits per heavy atom. The molecule has 0 amide bonds. The summed E-state index contributed by atoms with van der Waals surface area (Å²) in [7, 11) is -0.503. The average Bonchev–Trinajstić information content (AvgIpc) is 2.54. The molecule has 0 aliphatic rings. The summed E-state index contributed by atoms with van der Waals surface area (Å²) in [6, 6.07) is 13.4. The summed E-state index contributed by atoms with van der Waals surface area (Å²) in [6.45, 7) is 0. The molecule has 0 heterocycles. The molecule has 0 aromatic heterocycles. The van der Waals surface area contributed by atoms with E-state index in [9.17, 15) is 8.42 Å². The van der Waals surface area contributed by atoms with Crippen LogP contribution in [0, 0.1) is 0 Å². The van der Waals surface area contributed by atoms with Gasteiger partial charge in [-0.1, -0.05) is 12.1 Å². The van der Waals surface area contributed by atoms with E-state index in [1.54, 1.807) is 55.6 Å². The van der Waals surface area contributed by atoms with Crippen molar-refractivity contribution in [3.8, 4) is 5.75 Å². The minimum Gasteiger partial charge on any atom is -0.497 e. The van der Waals surface area contributed by atoms with E-state index >= 15 is 0 Å². The van der Waals surface area contributed by atoms with E-state index in [0.29, 0.717) is 17.3 Å². The van der Waals surface area contributed by atoms with Crippen LogP contribution < -0.4 is 9.04 Å². The van der Waals surface area contributed by atoms with Gasteiger partial charge in [0.2, 0.25) is 0 Å². The number of methoxy groups -OCH3 is 1. The molecule has 0 radical (unpaired) electrons. The van der Waals surface area contributed by atoms with Gasteiger partial charge in [0.05, 0.1) is 17.7 Å². The van der Waals surface area contributed by atoms with Crippen molar-refractivity contribution < 1.29 is 13.2 Å². The maximum absolute atomic E-state index is 12.5. The summed E-state index contributed by atoms with van der Waals surface area (Å²) in [5, 5.41) is 0. The second kappa shape index (κ2) is 6.37. The first-order chi connectivity index (χ1) is 9.98. The van der Waals surface area contributed by atoms with E-state index in [1.807, 2.05) is 0 Å². The zero-order valence-electron chi connectivity index (χ0n) is 11.8. The minimum atomic E-state index is -3.59. The van der Waals surface area contributed by atoms with E-state index in [4.69, 9.17) is 16.3 Å². The van der Waals surface area contributed by atoms with Crippen molar-refractivity contribution in [2.45, 2.75) is 10.8 Å². The first-order valence-electron chi connectivity index (χ1n) is 6.27. The number of nitrogens with zero attached hydrogens (tertiary/aromatic N) is 1. The number of benzene rings is 2. The number of rotatable bonds is 5. The normalized spacial score (nSPS) is 11.2. The van der Waals surface area contributed by atoms with Gasteiger partial charge < -0.3 is 4.74 Å². The molecule has 112 valence electrons. The summed E-state index contributed by atoms with van der Waals surface area (Å²) < 4.78 is 31.4. The number of hydrogen-bond donors (Lipinski definition) is 0. The molecule has 0 bridgehead atoms. The van der Waals surface area contributed by atoms with E-state index < -0.39 is 10.0 Å². The second-order valence-electron chi connectivity index (χ2n) is 4.45. The van der Waals surface area contributed by atoms with Crippen LogP contribution >= 0.6 is 11.6 Å². The number of halogens is 1. The minimum absolute atomic E-state index is 0.231. The van der Waals surface area contributed by atoms with Gasteiger partial charge in [0, 0.05) is 12.9 Å². The monoisotopic (exact) mass is 325 g/mol. The fourth-order valence-corrected chi connectivity index (χ4v) is 3.21. The van der Waals surface area contributed by atoms with Crippen LogP contribution in [0.4, 0.5) is 5.69 Å². The van der Waals surface area contributed by atoms with Crippen molar-refractivity contribution in [3.63, 3.8) is 0 Å². The zero-order valence-corrected chi connectivity index (χ0v) is 13.4. The van der Waals surface area contributed by atoms with Crippen molar-refractivity contribution in [2.75, 3.05) is 18.5 Å². The summed E-state index contributed by atoms with van der Waals surface area (Å²) in [4.78, 5) is 0.231. The number of sulfonamides is 1. The lowest BCUT2D eigenvalue weighted by molar-refractivity contribution is 0.415. The molecule has 0 saturated carbocycles. The topological polar surface area (TPSA) is 46.6 Å². The van der Waals surface area contributed by atoms with Gasteiger partial charge in [-0.25, -0.2) is 8.42 Å². The third-order valence-corrected chi connectivity index (χ3v) is 5.28. The summed E-state index contributed by atoms with van der Waals surface area (Å²) >= 11 is 5.71. The van der Waals surface area contributed by atoms with Crippen molar-refractivity contribution in [1.29, 1.82) is 0 Å². The Labute approximate surface area is 130 Å². The van der Waals surface area contributed by atoms with E-state index in [0.717, 1.165) is 5.56 Å². The highest BCUT2D eigenvalue weighted by atomic mass is 35.5. The Bertz CT molecular complexity index is 697. The molecule has 0 aliphatic heterocycles. The maximum Gasteiger partial charge on any atom is 0.264 e. The Kier molecular flexibility index (Phi) is 4.75. The Balaban J connectivity index is 2.32. The number of alkyl halides is 1. The SMILES string of the molecule is COc1ccc(N(C)S(=O)(=O)c2ccc(CCl)cc2)cc1. The van der Waals surface area contributed by atoms with Gasteiger partial charge in [-0.15, -0.1) is 11.6 Å². The van der Waals surface area contributed by atoms with Crippen molar-refractivity contribution >= 4 is 27.3 Å². The van der Waals surface area contributed by atoms with E-state index in [1.165, 1.54) is 11.4 Å². The number of anilines is 1. The van der Waals surface area contributed by atoms with Crippen LogP contribution in [0.3, 0.4) is 0 Å². The highest BCUT2D eigenvalue weighted by molar-refractivity contribution is 7.92. The molecule has 4 nitrogen and oxygen atoms in total. The molecule has 0 spiro atoms. The van der Waals surface area contributed by atoms with Gasteiger partial charge in [0.1, 0.15) is 5.75 Å². The highest BCUT2D eigenvalue weighted by Crippen LogP contribution is 2.24. The molecule has 0 aliphatic carbocycles. The molecule has 0 unspecified atom stereocenters. The largest absolute Gasteiger partial charge is 0.497 e. The number of ether oxygens (including phenoxy) is 1. The Hall–Kier alpha value is -1.72. The van der Waals surface area contributed by atoms with E-state index in [-0.39, 0.29) is 4.90 Å². The molecule has 0 saturated heterocycles. The van der Waals surface area contributed by atoms with Crippen LogP contribution in [0.2, 0.25) is 0 Å². The van der Waals surface area contributed by atoms with Gasteiger partial charge in [0.25, 0.3) is 10.0 Å². The lowest BCUT2D eigenvalue weighted by atomic mass is 10.2. The van der Waals surface area contributed by atoms with Crippen LogP contribution in [-0.2, 0) is 15.9 Å². The van der Waals surface area contributed by atoms with Gasteiger partial charge in [-0.3, -0.25) is 4.31 Å². The van der Waals surface area contributed by atoms with Crippen LogP contribution in [0.1, 0.15) is 5.56 Å². The highest BCUT2D eigenvalue weighted by Gasteiger charge is 2.21. The molecule has 0 atom stereocenters. The smallest absolute Gasteiger partial charge is 0.264 e. The average molecular weight is 326 g/mol. The molecule has 6 heteroatoms. The fraction of sp³-hybridized carbons (Fsp3) is 0.200. The van der Waals surface area contributed by atoms with Gasteiger partial charge in [0.15, 0.2) is 0 Å². The Morgan fingerprint density at radius 3 is 2.10 bits per heavy atom. The Morgan fingerprint density at radius 1 is 1.05 bits per heavy atom. The van der Waals surface area contributed by atoms with Crippen molar-refractivity contribution in [1.82, 2.24) is 0 Å². The predicted octanol–water partition coefficient (Wildman–Crippen LogP) is 3.26. The molecule has 2 aromatic rings. The van der Waals surface area contributed by atoms with Gasteiger partial charge >= 0.3 is 0 Å². The second-order valence-corrected chi connectivity index (χ2v) is 6.68. The molecule has 21 heavy (non-hydrogen) atoms. The summed E-state index contributed by atoms with van der Waals surface area (Å²) in [5.41, 5.74) is 1.44.